The number of hydrogen-bond acceptors (Lipinski definition) is 2. The molecule has 0 aliphatic heterocycles. The highest BCUT2D eigenvalue weighted by atomic mass is 127. The molecule has 1 aromatic rings. The lowest BCUT2D eigenvalue weighted by molar-refractivity contribution is 0.0944. The number of halogens is 3. The van der Waals surface area contributed by atoms with E-state index in [9.17, 15) is 13.6 Å². The van der Waals surface area contributed by atoms with Crippen LogP contribution in [0.25, 0.3) is 0 Å². The zero-order valence-electron chi connectivity index (χ0n) is 9.48. The minimum Gasteiger partial charge on any atom is -0.350 e. The minimum atomic E-state index is -1.04. The van der Waals surface area contributed by atoms with E-state index in [2.05, 4.69) is 5.32 Å². The Balaban J connectivity index is 2.86. The molecule has 0 heterocycles. The van der Waals surface area contributed by atoms with Gasteiger partial charge in [-0.1, -0.05) is 0 Å². The molecular formula is C11H13F2IN2O. The van der Waals surface area contributed by atoms with Gasteiger partial charge in [0.05, 0.1) is 5.56 Å². The number of nitrogens with two attached hydrogens (primary N) is 1. The summed E-state index contributed by atoms with van der Waals surface area (Å²) >= 11 is 1.78. The van der Waals surface area contributed by atoms with Gasteiger partial charge in [0, 0.05) is 15.7 Å². The minimum absolute atomic E-state index is 0.105. The Hall–Kier alpha value is -0.760. The zero-order valence-corrected chi connectivity index (χ0v) is 11.6. The Kier molecular flexibility index (Phi) is 4.42. The molecule has 17 heavy (non-hydrogen) atoms. The molecule has 0 radical (unpaired) electrons. The van der Waals surface area contributed by atoms with Gasteiger partial charge in [0.15, 0.2) is 11.6 Å². The molecule has 0 spiro atoms. The van der Waals surface area contributed by atoms with Crippen molar-refractivity contribution in [3.63, 3.8) is 0 Å². The van der Waals surface area contributed by atoms with Crippen molar-refractivity contribution in [1.29, 1.82) is 0 Å². The number of hydrogen-bond donors (Lipinski definition) is 2. The third-order valence-corrected chi connectivity index (χ3v) is 2.85. The first-order valence-electron chi connectivity index (χ1n) is 4.92. The van der Waals surface area contributed by atoms with E-state index in [1.807, 2.05) is 0 Å². The van der Waals surface area contributed by atoms with Crippen LogP contribution in [0.15, 0.2) is 12.1 Å². The molecule has 94 valence electrons. The molecule has 0 saturated carbocycles. The van der Waals surface area contributed by atoms with Gasteiger partial charge in [0.25, 0.3) is 5.91 Å². The second-order valence-electron chi connectivity index (χ2n) is 4.42. The fraction of sp³-hybridized carbons (Fsp3) is 0.364. The van der Waals surface area contributed by atoms with Crippen LogP contribution in [0.4, 0.5) is 8.78 Å². The van der Waals surface area contributed by atoms with Crippen LogP contribution in [0.1, 0.15) is 24.2 Å². The third kappa shape index (κ3) is 4.19. The molecule has 0 fully saturated rings. The second-order valence-corrected chi connectivity index (χ2v) is 5.58. The van der Waals surface area contributed by atoms with Crippen molar-refractivity contribution in [2.24, 2.45) is 5.73 Å². The predicted octanol–water partition coefficient (Wildman–Crippen LogP) is 2.04. The lowest BCUT2D eigenvalue weighted by Crippen LogP contribution is -2.45. The molecule has 0 bridgehead atoms. The number of benzene rings is 1. The summed E-state index contributed by atoms with van der Waals surface area (Å²) in [6.45, 7) is 3.76. The van der Waals surface area contributed by atoms with Crippen LogP contribution in [-0.2, 0) is 0 Å². The van der Waals surface area contributed by atoms with Crippen molar-refractivity contribution in [3.05, 3.63) is 32.9 Å². The lowest BCUT2D eigenvalue weighted by Gasteiger charge is -2.19. The number of carbonyl (C=O) groups is 1. The summed E-state index contributed by atoms with van der Waals surface area (Å²) in [5, 5.41) is 2.57. The van der Waals surface area contributed by atoms with Crippen molar-refractivity contribution >= 4 is 28.5 Å². The van der Waals surface area contributed by atoms with Crippen LogP contribution >= 0.6 is 22.6 Å². The van der Waals surface area contributed by atoms with Gasteiger partial charge in [0.1, 0.15) is 0 Å². The van der Waals surface area contributed by atoms with Crippen molar-refractivity contribution < 1.29 is 13.6 Å². The molecule has 1 rings (SSSR count). The van der Waals surface area contributed by atoms with E-state index in [1.54, 1.807) is 36.4 Å². The maximum atomic E-state index is 13.0. The summed E-state index contributed by atoms with van der Waals surface area (Å²) in [7, 11) is 0. The first-order chi connectivity index (χ1) is 7.70. The molecule has 6 heteroatoms. The summed E-state index contributed by atoms with van der Waals surface area (Å²) in [6, 6.07) is 1.87. The summed E-state index contributed by atoms with van der Waals surface area (Å²) < 4.78 is 26.2. The molecule has 0 aliphatic rings. The van der Waals surface area contributed by atoms with Crippen molar-refractivity contribution in [1.82, 2.24) is 5.32 Å². The van der Waals surface area contributed by atoms with Gasteiger partial charge in [-0.2, -0.15) is 0 Å². The average Bonchev–Trinajstić information content (AvgIpc) is 2.19. The van der Waals surface area contributed by atoms with Crippen molar-refractivity contribution in [2.45, 2.75) is 19.4 Å². The van der Waals surface area contributed by atoms with Crippen LogP contribution in [0, 0.1) is 15.2 Å². The van der Waals surface area contributed by atoms with Gasteiger partial charge in [-0.25, -0.2) is 8.78 Å². The highest BCUT2D eigenvalue weighted by Crippen LogP contribution is 2.17. The quantitative estimate of drug-likeness (QED) is 0.645. The van der Waals surface area contributed by atoms with Crippen LogP contribution < -0.4 is 11.1 Å². The first kappa shape index (κ1) is 14.3. The largest absolute Gasteiger partial charge is 0.350 e. The third-order valence-electron chi connectivity index (χ3n) is 1.96. The van der Waals surface area contributed by atoms with E-state index in [-0.39, 0.29) is 12.1 Å². The first-order valence-corrected chi connectivity index (χ1v) is 6.00. The standard InChI is InChI=1S/C11H13F2IN2O/c1-11(2,15)5-16-10(17)6-3-7(12)8(13)4-9(6)14/h3-4H,5,15H2,1-2H3,(H,16,17). The average molecular weight is 354 g/mol. The molecule has 0 atom stereocenters. The fourth-order valence-electron chi connectivity index (χ4n) is 1.10. The highest BCUT2D eigenvalue weighted by molar-refractivity contribution is 14.1. The molecule has 0 unspecified atom stereocenters. The van der Waals surface area contributed by atoms with Crippen LogP contribution in [0.2, 0.25) is 0 Å². The van der Waals surface area contributed by atoms with E-state index >= 15 is 0 Å². The van der Waals surface area contributed by atoms with Crippen molar-refractivity contribution in [2.75, 3.05) is 6.54 Å². The topological polar surface area (TPSA) is 55.1 Å². The van der Waals surface area contributed by atoms with E-state index in [0.717, 1.165) is 12.1 Å². The van der Waals surface area contributed by atoms with Crippen LogP contribution in [0.3, 0.4) is 0 Å². The Bertz CT molecular complexity index is 444. The Morgan fingerprint density at radius 1 is 1.41 bits per heavy atom. The van der Waals surface area contributed by atoms with E-state index < -0.39 is 23.1 Å². The molecule has 0 saturated heterocycles. The van der Waals surface area contributed by atoms with Gasteiger partial charge in [-0.15, -0.1) is 0 Å². The van der Waals surface area contributed by atoms with E-state index in [0.29, 0.717) is 3.57 Å². The molecule has 0 aliphatic carbocycles. The van der Waals surface area contributed by atoms with Gasteiger partial charge in [-0.3, -0.25) is 4.79 Å². The van der Waals surface area contributed by atoms with Crippen molar-refractivity contribution in [3.8, 4) is 0 Å². The number of rotatable bonds is 3. The van der Waals surface area contributed by atoms with Gasteiger partial charge >= 0.3 is 0 Å². The maximum Gasteiger partial charge on any atom is 0.252 e. The predicted molar refractivity (Wildman–Crippen MR) is 69.7 cm³/mol. The Morgan fingerprint density at radius 3 is 2.47 bits per heavy atom. The van der Waals surface area contributed by atoms with Gasteiger partial charge in [0.2, 0.25) is 0 Å². The van der Waals surface area contributed by atoms with E-state index in [1.165, 1.54) is 0 Å². The fourth-order valence-corrected chi connectivity index (χ4v) is 1.77. The highest BCUT2D eigenvalue weighted by Gasteiger charge is 2.17. The Morgan fingerprint density at radius 2 is 1.94 bits per heavy atom. The normalized spacial score (nSPS) is 11.4. The summed E-state index contributed by atoms with van der Waals surface area (Å²) in [5.74, 6) is -2.47. The van der Waals surface area contributed by atoms with Crippen LogP contribution in [-0.4, -0.2) is 18.0 Å². The molecule has 0 aromatic heterocycles. The summed E-state index contributed by atoms with van der Waals surface area (Å²) in [4.78, 5) is 11.7. The maximum absolute atomic E-state index is 13.0. The number of amides is 1. The molecule has 3 N–H and O–H groups in total. The molecule has 1 aromatic carbocycles. The Labute approximate surface area is 112 Å². The van der Waals surface area contributed by atoms with Gasteiger partial charge in [-0.05, 0) is 48.6 Å². The van der Waals surface area contributed by atoms with Gasteiger partial charge < -0.3 is 11.1 Å². The number of nitrogens with one attached hydrogen (secondary N) is 1. The smallest absolute Gasteiger partial charge is 0.252 e. The molecule has 3 nitrogen and oxygen atoms in total. The zero-order chi connectivity index (χ0) is 13.2. The van der Waals surface area contributed by atoms with Crippen LogP contribution in [0.5, 0.6) is 0 Å². The monoisotopic (exact) mass is 354 g/mol. The molecular weight excluding hydrogens is 341 g/mol. The second kappa shape index (κ2) is 5.26. The SMILES string of the molecule is CC(C)(N)CNC(=O)c1cc(F)c(F)cc1I. The molecule has 1 amide bonds. The number of carbonyl (C=O) groups excluding carboxylic acids is 1. The summed E-state index contributed by atoms with van der Waals surface area (Å²) in [6.07, 6.45) is 0. The van der Waals surface area contributed by atoms with E-state index in [4.69, 9.17) is 5.73 Å². The lowest BCUT2D eigenvalue weighted by atomic mass is 10.1. The summed E-state index contributed by atoms with van der Waals surface area (Å²) in [5.41, 5.74) is 5.25.